The number of sulfonamides is 1. The molecule has 0 spiro atoms. The van der Waals surface area contributed by atoms with Crippen LogP contribution in [0.4, 0.5) is 13.2 Å². The van der Waals surface area contributed by atoms with Crippen molar-refractivity contribution in [2.24, 2.45) is 0 Å². The van der Waals surface area contributed by atoms with Crippen molar-refractivity contribution in [3.63, 3.8) is 0 Å². The molecule has 1 aromatic heterocycles. The molecule has 20 heavy (non-hydrogen) atoms. The molecule has 0 aliphatic heterocycles. The molecule has 1 N–H and O–H groups in total. The Bertz CT molecular complexity index is 600. The Kier molecular flexibility index (Phi) is 3.87. The van der Waals surface area contributed by atoms with Gasteiger partial charge in [0.15, 0.2) is 0 Å². The highest BCUT2D eigenvalue weighted by Crippen LogP contribution is 2.36. The second kappa shape index (κ2) is 5.17. The summed E-state index contributed by atoms with van der Waals surface area (Å²) in [5.41, 5.74) is -1.18. The lowest BCUT2D eigenvalue weighted by Crippen LogP contribution is -2.28. The van der Waals surface area contributed by atoms with E-state index in [4.69, 9.17) is 4.74 Å². The average Bonchev–Trinajstić information content (AvgIpc) is 2.32. The summed E-state index contributed by atoms with van der Waals surface area (Å²) in [6.45, 7) is 0. The van der Waals surface area contributed by atoms with Crippen LogP contribution in [0.25, 0.3) is 0 Å². The third-order valence-corrected chi connectivity index (χ3v) is 4.09. The maximum Gasteiger partial charge on any atom is 0.423 e. The molecule has 1 aliphatic carbocycles. The van der Waals surface area contributed by atoms with Gasteiger partial charge >= 0.3 is 6.18 Å². The predicted molar refractivity (Wildman–Crippen MR) is 61.5 cm³/mol. The summed E-state index contributed by atoms with van der Waals surface area (Å²) in [6.07, 6.45) is -2.55. The highest BCUT2D eigenvalue weighted by Gasteiger charge is 2.38. The third-order valence-electron chi connectivity index (χ3n) is 2.88. The molecule has 1 heterocycles. The first kappa shape index (κ1) is 15.0. The van der Waals surface area contributed by atoms with Gasteiger partial charge in [0.1, 0.15) is 11.7 Å². The lowest BCUT2D eigenvalue weighted by Gasteiger charge is -2.27. The Labute approximate surface area is 113 Å². The zero-order valence-electron chi connectivity index (χ0n) is 10.4. The van der Waals surface area contributed by atoms with Gasteiger partial charge in [0.05, 0.1) is 0 Å². The normalized spacial score (nSPS) is 16.8. The minimum atomic E-state index is -4.71. The zero-order valence-corrected chi connectivity index (χ0v) is 11.3. The molecule has 0 bridgehead atoms. The Morgan fingerprint density at radius 2 is 2.05 bits per heavy atom. The number of rotatable bonds is 4. The van der Waals surface area contributed by atoms with Crippen LogP contribution in [-0.4, -0.2) is 31.5 Å². The molecular weight excluding hydrogens is 299 g/mol. The number of aromatic nitrogens is 2. The molecule has 0 saturated heterocycles. The van der Waals surface area contributed by atoms with Crippen molar-refractivity contribution >= 4 is 10.0 Å². The lowest BCUT2D eigenvalue weighted by atomic mass is 9.96. The van der Waals surface area contributed by atoms with Crippen molar-refractivity contribution in [3.05, 3.63) is 11.8 Å². The van der Waals surface area contributed by atoms with Gasteiger partial charge in [0, 0.05) is 6.20 Å². The predicted octanol–water partition coefficient (Wildman–Crippen LogP) is 1.33. The summed E-state index contributed by atoms with van der Waals surface area (Å²) in [4.78, 5) is 6.64. The average molecular weight is 311 g/mol. The molecule has 0 atom stereocenters. The van der Waals surface area contributed by atoms with Gasteiger partial charge in [-0.2, -0.15) is 18.2 Å². The van der Waals surface area contributed by atoms with E-state index in [2.05, 4.69) is 9.97 Å². The molecule has 112 valence electrons. The van der Waals surface area contributed by atoms with E-state index < -0.39 is 32.8 Å². The third kappa shape index (κ3) is 3.01. The molecule has 0 unspecified atom stereocenters. The Hall–Kier alpha value is -1.42. The lowest BCUT2D eigenvalue weighted by molar-refractivity contribution is -0.140. The van der Waals surface area contributed by atoms with Crippen LogP contribution in [0, 0.1) is 0 Å². The maximum absolute atomic E-state index is 12.8. The van der Waals surface area contributed by atoms with Crippen molar-refractivity contribution in [1.29, 1.82) is 0 Å². The van der Waals surface area contributed by atoms with Crippen LogP contribution in [0.3, 0.4) is 0 Å². The number of alkyl halides is 3. The molecule has 1 fully saturated rings. The molecule has 2 rings (SSSR count). The van der Waals surface area contributed by atoms with Crippen LogP contribution in [-0.2, 0) is 16.2 Å². The van der Waals surface area contributed by atoms with Crippen molar-refractivity contribution < 1.29 is 26.3 Å². The summed E-state index contributed by atoms with van der Waals surface area (Å²) in [5.74, 6) is -0.744. The van der Waals surface area contributed by atoms with E-state index in [1.54, 1.807) is 0 Å². The fourth-order valence-corrected chi connectivity index (χ4v) is 2.08. The van der Waals surface area contributed by atoms with Crippen molar-refractivity contribution in [1.82, 2.24) is 14.7 Å². The van der Waals surface area contributed by atoms with Gasteiger partial charge in [-0.1, -0.05) is 0 Å². The molecular formula is C10H12F3N3O3S. The molecule has 1 saturated carbocycles. The molecule has 0 amide bonds. The molecule has 0 radical (unpaired) electrons. The zero-order chi connectivity index (χ0) is 15.0. The number of hydrogen-bond acceptors (Lipinski definition) is 5. The minimum absolute atomic E-state index is 0.365. The highest BCUT2D eigenvalue weighted by molar-refractivity contribution is 7.89. The van der Waals surface area contributed by atoms with Gasteiger partial charge in [-0.15, -0.1) is 0 Å². The second-order valence-electron chi connectivity index (χ2n) is 4.25. The van der Waals surface area contributed by atoms with E-state index >= 15 is 0 Å². The summed E-state index contributed by atoms with van der Waals surface area (Å²) in [7, 11) is -2.91. The summed E-state index contributed by atoms with van der Waals surface area (Å²) in [5, 5.41) is -0.748. The summed E-state index contributed by atoms with van der Waals surface area (Å²) in [6, 6.07) is 0. The largest absolute Gasteiger partial charge is 0.474 e. The van der Waals surface area contributed by atoms with Gasteiger partial charge < -0.3 is 4.74 Å². The fourth-order valence-electron chi connectivity index (χ4n) is 1.50. The smallest absolute Gasteiger partial charge is 0.423 e. The van der Waals surface area contributed by atoms with Gasteiger partial charge in [0.2, 0.25) is 5.88 Å². The van der Waals surface area contributed by atoms with Crippen LogP contribution in [0.1, 0.15) is 24.8 Å². The van der Waals surface area contributed by atoms with Gasteiger partial charge in [-0.05, 0) is 26.3 Å². The first-order chi connectivity index (χ1) is 9.24. The van der Waals surface area contributed by atoms with Gasteiger partial charge in [0.25, 0.3) is 15.2 Å². The quantitative estimate of drug-likeness (QED) is 0.849. The van der Waals surface area contributed by atoms with Crippen LogP contribution in [0.5, 0.6) is 5.88 Å². The monoisotopic (exact) mass is 311 g/mol. The van der Waals surface area contributed by atoms with Crippen LogP contribution in [0.2, 0.25) is 0 Å². The van der Waals surface area contributed by atoms with Crippen molar-refractivity contribution in [3.8, 4) is 5.88 Å². The highest BCUT2D eigenvalue weighted by atomic mass is 32.2. The standard InChI is InChI=1S/C10H12F3N3O3S/c1-14-20(17,18)9-15-5-7(10(11,12)13)8(16-9)19-6-3-2-4-6/h5-6,14H,2-4H2,1H3. The number of halogens is 3. The first-order valence-corrected chi connectivity index (χ1v) is 7.27. The Morgan fingerprint density at radius 1 is 1.40 bits per heavy atom. The number of ether oxygens (including phenoxy) is 1. The van der Waals surface area contributed by atoms with E-state index in [0.29, 0.717) is 19.0 Å². The second-order valence-corrected chi connectivity index (χ2v) is 6.03. The van der Waals surface area contributed by atoms with E-state index in [-0.39, 0.29) is 6.10 Å². The minimum Gasteiger partial charge on any atom is -0.474 e. The molecule has 0 aromatic carbocycles. The fraction of sp³-hybridized carbons (Fsp3) is 0.600. The summed E-state index contributed by atoms with van der Waals surface area (Å²) < 4.78 is 68.5. The van der Waals surface area contributed by atoms with Crippen LogP contribution < -0.4 is 9.46 Å². The summed E-state index contributed by atoms with van der Waals surface area (Å²) >= 11 is 0. The first-order valence-electron chi connectivity index (χ1n) is 5.78. The van der Waals surface area contributed by atoms with Gasteiger partial charge in [-0.3, -0.25) is 0 Å². The van der Waals surface area contributed by atoms with Crippen LogP contribution >= 0.6 is 0 Å². The van der Waals surface area contributed by atoms with E-state index in [0.717, 1.165) is 13.5 Å². The van der Waals surface area contributed by atoms with E-state index in [9.17, 15) is 21.6 Å². The van der Waals surface area contributed by atoms with Crippen LogP contribution in [0.15, 0.2) is 11.4 Å². The molecule has 10 heteroatoms. The molecule has 6 nitrogen and oxygen atoms in total. The number of hydrogen-bond donors (Lipinski definition) is 1. The van der Waals surface area contributed by atoms with Crippen molar-refractivity contribution in [2.75, 3.05) is 7.05 Å². The Morgan fingerprint density at radius 3 is 2.50 bits per heavy atom. The maximum atomic E-state index is 12.8. The topological polar surface area (TPSA) is 81.2 Å². The number of nitrogens with one attached hydrogen (secondary N) is 1. The van der Waals surface area contributed by atoms with E-state index in [1.807, 2.05) is 4.72 Å². The molecule has 1 aromatic rings. The van der Waals surface area contributed by atoms with Gasteiger partial charge in [-0.25, -0.2) is 18.1 Å². The molecule has 1 aliphatic rings. The Balaban J connectivity index is 2.43. The number of nitrogens with zero attached hydrogens (tertiary/aromatic N) is 2. The SMILES string of the molecule is CNS(=O)(=O)c1ncc(C(F)(F)F)c(OC2CCC2)n1. The van der Waals surface area contributed by atoms with Crippen molar-refractivity contribution in [2.45, 2.75) is 36.7 Å². The van der Waals surface area contributed by atoms with E-state index in [1.165, 1.54) is 0 Å².